The van der Waals surface area contributed by atoms with Gasteiger partial charge in [0.05, 0.1) is 5.97 Å². The molecule has 0 aliphatic carbocycles. The van der Waals surface area contributed by atoms with Gasteiger partial charge in [-0.05, 0) is 0 Å². The first kappa shape index (κ1) is 28.5. The van der Waals surface area contributed by atoms with Gasteiger partial charge in [-0.2, -0.15) is 0 Å². The molecule has 0 rings (SSSR count). The first-order chi connectivity index (χ1) is 8.42. The molecule has 21 heavy (non-hydrogen) atoms. The molecule has 0 spiro atoms. The molecule has 0 radical (unpaired) electrons. The molecule has 0 saturated heterocycles. The molecule has 0 saturated carbocycles. The zero-order valence-corrected chi connectivity index (χ0v) is 14.0. The molecule has 0 aliphatic heterocycles. The van der Waals surface area contributed by atoms with Crippen molar-refractivity contribution in [2.75, 3.05) is 0 Å². The van der Waals surface area contributed by atoms with E-state index in [4.69, 9.17) is 24.9 Å². The molecule has 13 heteroatoms. The maximum absolute atomic E-state index is 10.1. The van der Waals surface area contributed by atoms with Gasteiger partial charge in [0.1, 0.15) is 5.60 Å². The summed E-state index contributed by atoms with van der Waals surface area (Å²) >= 11 is 0. The van der Waals surface area contributed by atoms with Crippen LogP contribution in [0.15, 0.2) is 0 Å². The molecule has 11 nitrogen and oxygen atoms in total. The van der Waals surface area contributed by atoms with Crippen LogP contribution < -0.4 is 20.4 Å². The fraction of sp³-hybridized carbons (Fsp3) is 0.375. The van der Waals surface area contributed by atoms with Crippen LogP contribution in [0.2, 0.25) is 0 Å². The van der Waals surface area contributed by atoms with Crippen molar-refractivity contribution in [1.82, 2.24) is 0 Å². The zero-order chi connectivity index (χ0) is 15.8. The van der Waals surface area contributed by atoms with E-state index in [0.29, 0.717) is 0 Å². The molecule has 0 aromatic rings. The average molecular weight is 343 g/mol. The van der Waals surface area contributed by atoms with Crippen molar-refractivity contribution < 1.29 is 54.6 Å². The summed E-state index contributed by atoms with van der Waals surface area (Å²) in [5, 5.41) is 55.2. The van der Waals surface area contributed by atoms with Crippen LogP contribution in [0.4, 0.5) is 0 Å². The zero-order valence-electron chi connectivity index (χ0n) is 10.4. The van der Waals surface area contributed by atoms with Gasteiger partial charge in [-0.3, -0.25) is 0 Å². The normalized spacial score (nSPS) is 8.81. The second kappa shape index (κ2) is 13.0. The second-order valence-corrected chi connectivity index (χ2v) is 3.01. The van der Waals surface area contributed by atoms with E-state index < -0.39 is 48.3 Å². The van der Waals surface area contributed by atoms with E-state index in [2.05, 4.69) is 0 Å². The fourth-order valence-electron chi connectivity index (χ4n) is 0.684. The van der Waals surface area contributed by atoms with Gasteiger partial charge in [-0.1, -0.05) is 0 Å². The quantitative estimate of drug-likeness (QED) is 0.352. The van der Waals surface area contributed by atoms with Gasteiger partial charge in [0, 0.05) is 24.8 Å². The number of carbonyl (C=O) groups is 5. The molecule has 0 fully saturated rings. The SMILES string of the molecule is O=C([O-])C(=O)O.O=C([O-])CC(O)(CC(=O)[O-])C(=O)[O-].[Ca+2].[Mg+2]. The van der Waals surface area contributed by atoms with Crippen LogP contribution in [0.1, 0.15) is 12.8 Å². The van der Waals surface area contributed by atoms with Crippen molar-refractivity contribution in [3.63, 3.8) is 0 Å². The van der Waals surface area contributed by atoms with E-state index in [1.54, 1.807) is 0 Å². The van der Waals surface area contributed by atoms with Gasteiger partial charge in [0.25, 0.3) is 0 Å². The number of hydrogen-bond donors (Lipinski definition) is 2. The molecule has 108 valence electrons. The number of carboxylic acids is 5. The molecule has 0 heterocycles. The number of aliphatic hydroxyl groups is 1. The molecule has 0 aromatic heterocycles. The Bertz CT molecular complexity index is 379. The van der Waals surface area contributed by atoms with Crippen molar-refractivity contribution in [3.05, 3.63) is 0 Å². The summed E-state index contributed by atoms with van der Waals surface area (Å²) in [5.74, 6) is -9.99. The van der Waals surface area contributed by atoms with Crippen LogP contribution in [-0.4, -0.2) is 106 Å². The van der Waals surface area contributed by atoms with Crippen LogP contribution in [0.5, 0.6) is 0 Å². The number of carboxylic acid groups (broad SMARTS) is 5. The van der Waals surface area contributed by atoms with Crippen LogP contribution in [0.25, 0.3) is 0 Å². The van der Waals surface area contributed by atoms with Crippen LogP contribution in [0, 0.1) is 0 Å². The van der Waals surface area contributed by atoms with Gasteiger partial charge in [-0.15, -0.1) is 0 Å². The van der Waals surface area contributed by atoms with Gasteiger partial charge in [-0.25, -0.2) is 4.79 Å². The Morgan fingerprint density at radius 2 is 1.10 bits per heavy atom. The predicted molar refractivity (Wildman–Crippen MR) is 53.4 cm³/mol. The van der Waals surface area contributed by atoms with E-state index in [-0.39, 0.29) is 60.8 Å². The first-order valence-corrected chi connectivity index (χ1v) is 4.20. The van der Waals surface area contributed by atoms with Gasteiger partial charge in [0.2, 0.25) is 0 Å². The van der Waals surface area contributed by atoms with Crippen LogP contribution in [-0.2, 0) is 24.0 Å². The summed E-state index contributed by atoms with van der Waals surface area (Å²) in [4.78, 5) is 48.0. The fourth-order valence-corrected chi connectivity index (χ4v) is 0.684. The average Bonchev–Trinajstić information content (AvgIpc) is 2.14. The molecule has 0 bridgehead atoms. The Labute approximate surface area is 162 Å². The van der Waals surface area contributed by atoms with Crippen molar-refractivity contribution in [2.24, 2.45) is 0 Å². The third-order valence-corrected chi connectivity index (χ3v) is 1.43. The summed E-state index contributed by atoms with van der Waals surface area (Å²) in [6, 6.07) is 0. The molecule has 0 aliphatic rings. The Hall–Kier alpha value is -0.664. The summed E-state index contributed by atoms with van der Waals surface area (Å²) < 4.78 is 0. The number of rotatable bonds is 5. The maximum atomic E-state index is 10.1. The Balaban J connectivity index is -0.000000156. The summed E-state index contributed by atoms with van der Waals surface area (Å²) in [6.07, 6.45) is -2.72. The van der Waals surface area contributed by atoms with Crippen molar-refractivity contribution in [3.8, 4) is 0 Å². The van der Waals surface area contributed by atoms with E-state index >= 15 is 0 Å². The number of carbonyl (C=O) groups excluding carboxylic acids is 4. The Morgan fingerprint density at radius 1 is 0.857 bits per heavy atom. The Morgan fingerprint density at radius 3 is 1.19 bits per heavy atom. The van der Waals surface area contributed by atoms with E-state index in [1.165, 1.54) is 0 Å². The molecular weight excluding hydrogens is 336 g/mol. The second-order valence-electron chi connectivity index (χ2n) is 3.01. The van der Waals surface area contributed by atoms with Gasteiger partial charge >= 0.3 is 66.8 Å². The molecular formula is C8H6CaMgO11. The monoisotopic (exact) mass is 342 g/mol. The minimum Gasteiger partial charge on any atom is -0.550 e. The Kier molecular flexibility index (Phi) is 17.7. The van der Waals surface area contributed by atoms with Crippen molar-refractivity contribution in [2.45, 2.75) is 18.4 Å². The minimum atomic E-state index is -2.97. The molecule has 2 N–H and O–H groups in total. The topological polar surface area (TPSA) is 218 Å². The van der Waals surface area contributed by atoms with Crippen molar-refractivity contribution in [1.29, 1.82) is 0 Å². The first-order valence-electron chi connectivity index (χ1n) is 4.20. The minimum absolute atomic E-state index is 0. The number of hydrogen-bond acceptors (Lipinski definition) is 10. The molecule has 0 amide bonds. The maximum Gasteiger partial charge on any atom is 2.00 e. The number of aliphatic carboxylic acids is 5. The predicted octanol–water partition coefficient (Wildman–Crippen LogP) is -8.19. The third kappa shape index (κ3) is 15.5. The summed E-state index contributed by atoms with van der Waals surface area (Å²) in [7, 11) is 0. The van der Waals surface area contributed by atoms with Gasteiger partial charge in [0.15, 0.2) is 5.97 Å². The summed E-state index contributed by atoms with van der Waals surface area (Å²) in [6.45, 7) is 0. The molecule has 0 unspecified atom stereocenters. The summed E-state index contributed by atoms with van der Waals surface area (Å²) in [5.41, 5.74) is -2.97. The van der Waals surface area contributed by atoms with E-state index in [9.17, 15) is 29.7 Å². The smallest absolute Gasteiger partial charge is 0.550 e. The van der Waals surface area contributed by atoms with E-state index in [1.807, 2.05) is 0 Å². The van der Waals surface area contributed by atoms with Crippen LogP contribution >= 0.6 is 0 Å². The van der Waals surface area contributed by atoms with E-state index in [0.717, 1.165) is 0 Å². The molecule has 0 aromatic carbocycles. The van der Waals surface area contributed by atoms with Crippen LogP contribution in [0.3, 0.4) is 0 Å². The van der Waals surface area contributed by atoms with Gasteiger partial charge < -0.3 is 49.8 Å². The third-order valence-electron chi connectivity index (χ3n) is 1.43. The largest absolute Gasteiger partial charge is 2.00 e. The standard InChI is InChI=1S/C6H8O7.C2H2O4.Ca.Mg/c7-3(8)1-6(13,5(11)12)2-4(9)10;3-1(4)2(5)6;;/h13H,1-2H2,(H,7,8)(H,9,10)(H,11,12);(H,3,4)(H,5,6);;/q;;2*+2/p-4. The molecule has 0 atom stereocenters. The van der Waals surface area contributed by atoms with Crippen molar-refractivity contribution >= 4 is 90.6 Å².